The van der Waals surface area contributed by atoms with E-state index in [1.54, 1.807) is 16.6 Å². The molecule has 0 saturated heterocycles. The van der Waals surface area contributed by atoms with Crippen LogP contribution >= 0.6 is 0 Å². The van der Waals surface area contributed by atoms with E-state index >= 15 is 0 Å². The maximum absolute atomic E-state index is 5.10. The highest BCUT2D eigenvalue weighted by molar-refractivity contribution is 6.08. The summed E-state index contributed by atoms with van der Waals surface area (Å²) in [6, 6.07) is 7.03. The van der Waals surface area contributed by atoms with Crippen LogP contribution in [0.2, 0.25) is 0 Å². The fourth-order valence-corrected chi connectivity index (χ4v) is 5.35. The molecule has 5 rings (SSSR count). The monoisotopic (exact) mass is 320 g/mol. The van der Waals surface area contributed by atoms with Gasteiger partial charge in [0.05, 0.1) is 16.9 Å². The second kappa shape index (κ2) is 6.06. The van der Waals surface area contributed by atoms with Gasteiger partial charge in [0.2, 0.25) is 0 Å². The molecule has 24 heavy (non-hydrogen) atoms. The summed E-state index contributed by atoms with van der Waals surface area (Å²) in [6.07, 6.45) is 13.3. The molecule has 0 N–H and O–H groups in total. The number of nitrogens with zero attached hydrogens (tertiary/aromatic N) is 2. The van der Waals surface area contributed by atoms with Crippen molar-refractivity contribution in [3.05, 3.63) is 35.0 Å². The van der Waals surface area contributed by atoms with E-state index in [2.05, 4.69) is 22.8 Å². The van der Waals surface area contributed by atoms with Crippen molar-refractivity contribution in [2.45, 2.75) is 70.8 Å². The Labute approximate surface area is 145 Å². The lowest BCUT2D eigenvalue weighted by molar-refractivity contribution is 0.436. The Kier molecular flexibility index (Phi) is 3.72. The quantitative estimate of drug-likeness (QED) is 0.679. The minimum Gasteiger partial charge on any atom is -0.339 e. The Morgan fingerprint density at radius 2 is 1.79 bits per heavy atom. The van der Waals surface area contributed by atoms with Crippen molar-refractivity contribution in [2.75, 3.05) is 6.54 Å². The molecule has 1 aromatic heterocycles. The Balaban J connectivity index is 1.73. The molecule has 0 atom stereocenters. The van der Waals surface area contributed by atoms with Crippen LogP contribution in [0.4, 0.5) is 0 Å². The van der Waals surface area contributed by atoms with Crippen LogP contribution in [0.1, 0.15) is 68.2 Å². The van der Waals surface area contributed by atoms with E-state index < -0.39 is 0 Å². The fourth-order valence-electron chi connectivity index (χ4n) is 5.35. The van der Waals surface area contributed by atoms with Crippen LogP contribution in [0, 0.1) is 5.92 Å². The number of aliphatic imine (C=N–C) groups is 1. The molecule has 2 nitrogen and oxygen atoms in total. The summed E-state index contributed by atoms with van der Waals surface area (Å²) < 4.78 is 2.69. The number of aryl methyl sites for hydroxylation is 2. The van der Waals surface area contributed by atoms with Gasteiger partial charge in [-0.3, -0.25) is 4.99 Å². The van der Waals surface area contributed by atoms with Crippen molar-refractivity contribution in [1.82, 2.24) is 4.57 Å². The maximum atomic E-state index is 5.10. The first-order valence-corrected chi connectivity index (χ1v) is 10.1. The highest BCUT2D eigenvalue weighted by Gasteiger charge is 2.30. The van der Waals surface area contributed by atoms with Gasteiger partial charge in [0.25, 0.3) is 0 Å². The van der Waals surface area contributed by atoms with Crippen molar-refractivity contribution in [1.29, 1.82) is 0 Å². The standard InChI is InChI=1S/C22H28N2/c1-3-8-16(9-4-1)20-22-19(13-14-23-20)18-12-7-11-17-10-5-2-6-15-24(22)21(17)18/h7,11-12,16H,1-6,8-10,13-15H2. The van der Waals surface area contributed by atoms with E-state index in [0.29, 0.717) is 5.92 Å². The van der Waals surface area contributed by atoms with Crippen molar-refractivity contribution in [3.8, 4) is 0 Å². The molecule has 3 aliphatic rings. The van der Waals surface area contributed by atoms with Gasteiger partial charge in [0.15, 0.2) is 0 Å². The minimum absolute atomic E-state index is 0.715. The number of benzene rings is 1. The van der Waals surface area contributed by atoms with Gasteiger partial charge in [0, 0.05) is 24.4 Å². The topological polar surface area (TPSA) is 17.3 Å². The highest BCUT2D eigenvalue weighted by Crippen LogP contribution is 2.37. The molecule has 2 aromatic rings. The fraction of sp³-hybridized carbons (Fsp3) is 0.591. The summed E-state index contributed by atoms with van der Waals surface area (Å²) in [4.78, 5) is 5.10. The van der Waals surface area contributed by atoms with Crippen LogP contribution in [0.25, 0.3) is 10.9 Å². The summed E-state index contributed by atoms with van der Waals surface area (Å²) in [5, 5.41) is 1.53. The predicted octanol–water partition coefficient (Wildman–Crippen LogP) is 5.29. The first-order valence-electron chi connectivity index (χ1n) is 10.1. The first-order chi connectivity index (χ1) is 11.9. The number of aromatic nitrogens is 1. The smallest absolute Gasteiger partial charge is 0.0668 e. The average Bonchev–Trinajstić information content (AvgIpc) is 2.94. The highest BCUT2D eigenvalue weighted by atomic mass is 15.0. The SMILES string of the molecule is c1cc2c3c(c1)c1c(n3CCCCC2)C(C2CCCCC2)=NCC1. The third-order valence-electron chi connectivity index (χ3n) is 6.48. The van der Waals surface area contributed by atoms with Gasteiger partial charge < -0.3 is 4.57 Å². The molecule has 1 fully saturated rings. The van der Waals surface area contributed by atoms with Crippen molar-refractivity contribution in [3.63, 3.8) is 0 Å². The Morgan fingerprint density at radius 1 is 0.917 bits per heavy atom. The second-order valence-corrected chi connectivity index (χ2v) is 7.95. The minimum atomic E-state index is 0.715. The zero-order valence-corrected chi connectivity index (χ0v) is 14.7. The average molecular weight is 320 g/mol. The van der Waals surface area contributed by atoms with E-state index in [4.69, 9.17) is 4.99 Å². The number of hydrogen-bond acceptors (Lipinski definition) is 1. The molecule has 0 unspecified atom stereocenters. The van der Waals surface area contributed by atoms with Gasteiger partial charge in [-0.25, -0.2) is 0 Å². The summed E-state index contributed by atoms with van der Waals surface area (Å²) in [6.45, 7) is 2.19. The molecule has 0 spiro atoms. The Morgan fingerprint density at radius 3 is 2.71 bits per heavy atom. The van der Waals surface area contributed by atoms with Crippen LogP contribution in [0.15, 0.2) is 23.2 Å². The van der Waals surface area contributed by atoms with Crippen LogP contribution in [-0.4, -0.2) is 16.8 Å². The van der Waals surface area contributed by atoms with Crippen LogP contribution in [0.5, 0.6) is 0 Å². The van der Waals surface area contributed by atoms with Gasteiger partial charge in [-0.15, -0.1) is 0 Å². The molecule has 1 aromatic carbocycles. The van der Waals surface area contributed by atoms with E-state index in [1.165, 1.54) is 81.1 Å². The largest absolute Gasteiger partial charge is 0.339 e. The zero-order chi connectivity index (χ0) is 15.9. The van der Waals surface area contributed by atoms with Gasteiger partial charge in [0.1, 0.15) is 0 Å². The molecular formula is C22H28N2. The molecular weight excluding hydrogens is 292 g/mol. The normalized spacial score (nSPS) is 21.9. The molecule has 0 amide bonds. The van der Waals surface area contributed by atoms with E-state index in [0.717, 1.165) is 13.0 Å². The summed E-state index contributed by atoms with van der Waals surface area (Å²) in [7, 11) is 0. The van der Waals surface area contributed by atoms with Crippen molar-refractivity contribution in [2.24, 2.45) is 10.9 Å². The summed E-state index contributed by atoms with van der Waals surface area (Å²) in [5.41, 5.74) is 7.75. The molecule has 1 aliphatic carbocycles. The molecule has 0 radical (unpaired) electrons. The molecule has 126 valence electrons. The predicted molar refractivity (Wildman–Crippen MR) is 101 cm³/mol. The number of rotatable bonds is 1. The lowest BCUT2D eigenvalue weighted by atomic mass is 9.82. The molecule has 2 heteroatoms. The van der Waals surface area contributed by atoms with E-state index in [-0.39, 0.29) is 0 Å². The number of fused-ring (bicyclic) bond motifs is 3. The third-order valence-corrected chi connectivity index (χ3v) is 6.48. The lowest BCUT2D eigenvalue weighted by Crippen LogP contribution is -2.26. The van der Waals surface area contributed by atoms with Crippen LogP contribution in [-0.2, 0) is 19.4 Å². The Hall–Kier alpha value is -1.57. The van der Waals surface area contributed by atoms with Crippen LogP contribution < -0.4 is 0 Å². The van der Waals surface area contributed by atoms with Crippen LogP contribution in [0.3, 0.4) is 0 Å². The van der Waals surface area contributed by atoms with Crippen molar-refractivity contribution >= 4 is 16.6 Å². The second-order valence-electron chi connectivity index (χ2n) is 7.95. The molecule has 1 saturated carbocycles. The Bertz CT molecular complexity index is 790. The van der Waals surface area contributed by atoms with Gasteiger partial charge in [-0.2, -0.15) is 0 Å². The maximum Gasteiger partial charge on any atom is 0.0668 e. The zero-order valence-electron chi connectivity index (χ0n) is 14.7. The number of hydrogen-bond donors (Lipinski definition) is 0. The first kappa shape index (κ1) is 14.7. The molecule has 3 heterocycles. The van der Waals surface area contributed by atoms with Crippen molar-refractivity contribution < 1.29 is 0 Å². The summed E-state index contributed by atoms with van der Waals surface area (Å²) >= 11 is 0. The molecule has 0 bridgehead atoms. The van der Waals surface area contributed by atoms with E-state index in [9.17, 15) is 0 Å². The summed E-state index contributed by atoms with van der Waals surface area (Å²) in [5.74, 6) is 0.715. The third kappa shape index (κ3) is 2.26. The van der Waals surface area contributed by atoms with Gasteiger partial charge in [-0.1, -0.05) is 43.9 Å². The van der Waals surface area contributed by atoms with Gasteiger partial charge in [-0.05, 0) is 49.7 Å². The van der Waals surface area contributed by atoms with Gasteiger partial charge >= 0.3 is 0 Å². The van der Waals surface area contributed by atoms with E-state index in [1.807, 2.05) is 0 Å². The number of para-hydroxylation sites is 1. The lowest BCUT2D eigenvalue weighted by Gasteiger charge is -2.28. The molecule has 2 aliphatic heterocycles.